The number of ether oxygens (including phenoxy) is 4. The molecule has 2 aliphatic rings. The summed E-state index contributed by atoms with van der Waals surface area (Å²) >= 11 is 0. The fraction of sp³-hybridized carbons (Fsp3) is 0.989. The number of aliphatic hydroxyl groups is 8. The normalized spacial score (nSPS) is 21.6. The SMILES string of the molecule is CCCCCCCCCCCCCCCCCCCCCCCCCCCCCCCCCCCCCCCCCCC(=O)NC(COC1OC(CO)C(OC2OC(CO)C(O)C(O)C2O)C(O)C1O)C(O)CCCCCCCCCCCCCCCCCCCCCCCCCCCCC. The standard InChI is InChI=1S/C87H171NO13/c1-3-5-7-9-11-13-15-17-19-21-23-25-27-29-31-32-33-34-35-36-37-38-39-40-41-42-43-45-47-49-51-53-55-57-59-61-63-65-67-69-71-79(92)88-75(74-98-86-84(97)82(95)85(78(73-90)100-86)101-87-83(96)81(94)80(93)77(72-89)99-87)76(91)70-68-66-64-62-60-58-56-54-52-50-48-46-44-30-28-26-24-22-20-18-16-14-12-10-8-6-4-2/h75-78,80-87,89-91,93-97H,3-74H2,1-2H3,(H,88,92). The summed E-state index contributed by atoms with van der Waals surface area (Å²) in [5.41, 5.74) is 0. The first-order chi connectivity index (χ1) is 49.6. The maximum atomic E-state index is 13.4. The fourth-order valence-electron chi connectivity index (χ4n) is 15.5. The Morgan fingerprint density at radius 1 is 0.317 bits per heavy atom. The lowest BCUT2D eigenvalue weighted by molar-refractivity contribution is -0.359. The van der Waals surface area contributed by atoms with E-state index in [0.717, 1.165) is 51.4 Å². The Kier molecular flexibility index (Phi) is 68.4. The van der Waals surface area contributed by atoms with Gasteiger partial charge in [-0.3, -0.25) is 4.79 Å². The lowest BCUT2D eigenvalue weighted by Crippen LogP contribution is -2.65. The van der Waals surface area contributed by atoms with Crippen molar-refractivity contribution >= 4 is 5.91 Å². The predicted molar refractivity (Wildman–Crippen MR) is 420 cm³/mol. The molecule has 0 saturated carbocycles. The van der Waals surface area contributed by atoms with Crippen molar-refractivity contribution in [3.05, 3.63) is 0 Å². The van der Waals surface area contributed by atoms with E-state index in [9.17, 15) is 45.6 Å². The van der Waals surface area contributed by atoms with E-state index in [1.807, 2.05) is 0 Å². The minimum atomic E-state index is -1.78. The minimum absolute atomic E-state index is 0.194. The summed E-state index contributed by atoms with van der Waals surface area (Å²) in [5.74, 6) is -0.194. The van der Waals surface area contributed by atoms with Gasteiger partial charge < -0.3 is 65.1 Å². The molecule has 14 nitrogen and oxygen atoms in total. The molecule has 12 atom stereocenters. The van der Waals surface area contributed by atoms with E-state index in [2.05, 4.69) is 19.2 Å². The van der Waals surface area contributed by atoms with Crippen LogP contribution in [0.3, 0.4) is 0 Å². The van der Waals surface area contributed by atoms with Crippen molar-refractivity contribution in [1.29, 1.82) is 0 Å². The number of hydrogen-bond acceptors (Lipinski definition) is 13. The number of carbonyl (C=O) groups excluding carboxylic acids is 1. The third-order valence-corrected chi connectivity index (χ3v) is 22.6. The first-order valence-corrected chi connectivity index (χ1v) is 44.8. The summed E-state index contributed by atoms with van der Waals surface area (Å²) < 4.78 is 23.0. The maximum Gasteiger partial charge on any atom is 0.220 e. The predicted octanol–water partition coefficient (Wildman–Crippen LogP) is 21.4. The Hall–Kier alpha value is -1.01. The zero-order valence-corrected chi connectivity index (χ0v) is 66.5. The largest absolute Gasteiger partial charge is 0.394 e. The Balaban J connectivity index is 1.53. The van der Waals surface area contributed by atoms with E-state index in [0.29, 0.717) is 12.8 Å². The summed E-state index contributed by atoms with van der Waals surface area (Å²) in [7, 11) is 0. The molecule has 101 heavy (non-hydrogen) atoms. The first-order valence-electron chi connectivity index (χ1n) is 44.8. The van der Waals surface area contributed by atoms with Gasteiger partial charge in [-0.2, -0.15) is 0 Å². The van der Waals surface area contributed by atoms with Crippen molar-refractivity contribution in [2.45, 2.75) is 530 Å². The Labute approximate surface area is 623 Å². The van der Waals surface area contributed by atoms with Crippen molar-refractivity contribution in [3.63, 3.8) is 0 Å². The molecule has 9 N–H and O–H groups in total. The quantitative estimate of drug-likeness (QED) is 0.0259. The van der Waals surface area contributed by atoms with Gasteiger partial charge in [0.25, 0.3) is 0 Å². The molecule has 2 saturated heterocycles. The number of rotatable bonds is 78. The van der Waals surface area contributed by atoms with E-state index in [4.69, 9.17) is 18.9 Å². The topological polar surface area (TPSA) is 228 Å². The highest BCUT2D eigenvalue weighted by Gasteiger charge is 2.51. The van der Waals surface area contributed by atoms with Gasteiger partial charge in [-0.1, -0.05) is 438 Å². The molecule has 12 unspecified atom stereocenters. The molecule has 2 fully saturated rings. The van der Waals surface area contributed by atoms with Crippen LogP contribution in [0.5, 0.6) is 0 Å². The molecule has 0 radical (unpaired) electrons. The van der Waals surface area contributed by atoms with Crippen LogP contribution in [0.2, 0.25) is 0 Å². The molecule has 0 bridgehead atoms. The summed E-state index contributed by atoms with van der Waals surface area (Å²) in [5, 5.41) is 88.0. The number of nitrogens with one attached hydrogen (secondary N) is 1. The summed E-state index contributed by atoms with van der Waals surface area (Å²) in [4.78, 5) is 13.4. The molecule has 2 aliphatic heterocycles. The number of unbranched alkanes of at least 4 members (excludes halogenated alkanes) is 65. The van der Waals surface area contributed by atoms with Crippen LogP contribution in [0.15, 0.2) is 0 Å². The maximum absolute atomic E-state index is 13.4. The molecular weight excluding hydrogens is 1270 g/mol. The van der Waals surface area contributed by atoms with E-state index >= 15 is 0 Å². The second-order valence-corrected chi connectivity index (χ2v) is 32.1. The number of amides is 1. The average molecular weight is 1440 g/mol. The Morgan fingerprint density at radius 2 is 0.564 bits per heavy atom. The van der Waals surface area contributed by atoms with Crippen LogP contribution in [0.25, 0.3) is 0 Å². The monoisotopic (exact) mass is 1440 g/mol. The van der Waals surface area contributed by atoms with Gasteiger partial charge in [0.2, 0.25) is 5.91 Å². The zero-order chi connectivity index (χ0) is 73.0. The third kappa shape index (κ3) is 54.3. The fourth-order valence-corrected chi connectivity index (χ4v) is 15.5. The molecule has 14 heteroatoms. The lowest BCUT2D eigenvalue weighted by atomic mass is 9.97. The zero-order valence-electron chi connectivity index (χ0n) is 66.5. The molecule has 2 rings (SSSR count). The molecule has 0 aromatic heterocycles. The Bertz CT molecular complexity index is 1700. The van der Waals surface area contributed by atoms with E-state index < -0.39 is 86.8 Å². The van der Waals surface area contributed by atoms with Crippen LogP contribution in [-0.2, 0) is 23.7 Å². The smallest absolute Gasteiger partial charge is 0.220 e. The highest BCUT2D eigenvalue weighted by atomic mass is 16.7. The molecule has 0 aliphatic carbocycles. The molecule has 602 valence electrons. The molecule has 0 aromatic rings. The van der Waals surface area contributed by atoms with Crippen molar-refractivity contribution in [2.24, 2.45) is 0 Å². The van der Waals surface area contributed by atoms with Gasteiger partial charge in [0.1, 0.15) is 48.8 Å². The van der Waals surface area contributed by atoms with E-state index in [1.54, 1.807) is 0 Å². The van der Waals surface area contributed by atoms with Crippen molar-refractivity contribution in [1.82, 2.24) is 5.32 Å². The second kappa shape index (κ2) is 71.9. The van der Waals surface area contributed by atoms with Crippen molar-refractivity contribution in [2.75, 3.05) is 19.8 Å². The molecule has 1 amide bonds. The highest BCUT2D eigenvalue weighted by Crippen LogP contribution is 2.31. The van der Waals surface area contributed by atoms with Crippen LogP contribution in [0.1, 0.15) is 457 Å². The van der Waals surface area contributed by atoms with E-state index in [1.165, 1.54) is 379 Å². The van der Waals surface area contributed by atoms with Crippen molar-refractivity contribution in [3.8, 4) is 0 Å². The van der Waals surface area contributed by atoms with E-state index in [-0.39, 0.29) is 12.5 Å². The van der Waals surface area contributed by atoms with Gasteiger partial charge in [0.15, 0.2) is 12.6 Å². The van der Waals surface area contributed by atoms with Crippen LogP contribution in [0.4, 0.5) is 0 Å². The minimum Gasteiger partial charge on any atom is -0.394 e. The van der Waals surface area contributed by atoms with Gasteiger partial charge in [-0.25, -0.2) is 0 Å². The summed E-state index contributed by atoms with van der Waals surface area (Å²) in [6, 6.07) is -0.826. The third-order valence-electron chi connectivity index (χ3n) is 22.6. The lowest BCUT2D eigenvalue weighted by Gasteiger charge is -2.46. The number of hydrogen-bond donors (Lipinski definition) is 9. The van der Waals surface area contributed by atoms with Gasteiger partial charge >= 0.3 is 0 Å². The highest BCUT2D eigenvalue weighted by molar-refractivity contribution is 5.76. The number of carbonyl (C=O) groups is 1. The van der Waals surface area contributed by atoms with Crippen molar-refractivity contribution < 1.29 is 64.6 Å². The van der Waals surface area contributed by atoms with Crippen LogP contribution in [0, 0.1) is 0 Å². The molecule has 0 aromatic carbocycles. The van der Waals surface area contributed by atoms with Gasteiger partial charge in [0, 0.05) is 6.42 Å². The van der Waals surface area contributed by atoms with Gasteiger partial charge in [0.05, 0.1) is 32.0 Å². The second-order valence-electron chi connectivity index (χ2n) is 32.1. The average Bonchev–Trinajstić information content (AvgIpc) is 0.797. The molecular formula is C87H171NO13. The van der Waals surface area contributed by atoms with Crippen LogP contribution >= 0.6 is 0 Å². The summed E-state index contributed by atoms with van der Waals surface area (Å²) in [6.45, 7) is 2.96. The van der Waals surface area contributed by atoms with Gasteiger partial charge in [-0.05, 0) is 12.8 Å². The van der Waals surface area contributed by atoms with Crippen LogP contribution in [-0.4, -0.2) is 140 Å². The Morgan fingerprint density at radius 3 is 0.842 bits per heavy atom. The number of aliphatic hydroxyl groups excluding tert-OH is 8. The first kappa shape index (κ1) is 96.1. The summed E-state index contributed by atoms with van der Waals surface area (Å²) in [6.07, 6.45) is 74.8. The molecule has 0 spiro atoms. The van der Waals surface area contributed by atoms with Gasteiger partial charge in [-0.15, -0.1) is 0 Å². The van der Waals surface area contributed by atoms with Crippen LogP contribution < -0.4 is 5.32 Å². The molecule has 2 heterocycles.